The number of anilines is 3. The number of aromatic nitrogens is 3. The van der Waals surface area contributed by atoms with Crippen molar-refractivity contribution in [3.05, 3.63) is 36.0 Å². The van der Waals surface area contributed by atoms with Gasteiger partial charge >= 0.3 is 0 Å². The maximum absolute atomic E-state index is 12.9. The van der Waals surface area contributed by atoms with Gasteiger partial charge in [-0.3, -0.25) is 20.2 Å². The van der Waals surface area contributed by atoms with Crippen LogP contribution in [0.4, 0.5) is 17.5 Å². The number of benzene rings is 1. The van der Waals surface area contributed by atoms with E-state index in [-0.39, 0.29) is 5.91 Å². The number of amides is 1. The molecule has 9 nitrogen and oxygen atoms in total. The van der Waals surface area contributed by atoms with E-state index in [0.29, 0.717) is 10.8 Å². The average molecular weight is 426 g/mol. The number of hydrogen-bond acceptors (Lipinski definition) is 6. The van der Waals surface area contributed by atoms with Gasteiger partial charge in [0, 0.05) is 17.3 Å². The van der Waals surface area contributed by atoms with Gasteiger partial charge in [-0.25, -0.2) is 14.3 Å². The van der Waals surface area contributed by atoms with Crippen LogP contribution in [-0.2, 0) is 21.3 Å². The number of fused-ring (bicyclic) bond motifs is 4. The number of nitrogens with one attached hydrogen (secondary N) is 3. The van der Waals surface area contributed by atoms with Crippen LogP contribution in [0, 0.1) is 6.92 Å². The molecule has 5 N–H and O–H groups in total. The Morgan fingerprint density at radius 2 is 2.00 bits per heavy atom. The number of hydrogen-bond donors (Lipinski definition) is 4. The highest BCUT2D eigenvalue weighted by Gasteiger charge is 2.46. The lowest BCUT2D eigenvalue weighted by molar-refractivity contribution is -0.131. The molecule has 30 heavy (non-hydrogen) atoms. The molecule has 0 bridgehead atoms. The molecule has 2 aromatic heterocycles. The molecule has 1 aliphatic heterocycles. The van der Waals surface area contributed by atoms with Crippen molar-refractivity contribution < 1.29 is 9.00 Å². The highest BCUT2D eigenvalue weighted by atomic mass is 32.2. The minimum atomic E-state index is -1.53. The van der Waals surface area contributed by atoms with Crippen molar-refractivity contribution in [3.8, 4) is 0 Å². The molecule has 1 fully saturated rings. The number of aryl methyl sites for hydroxylation is 1. The SMILES string of the molecule is Cc1cc(Nc2ncc3cc4n(c3n2)C2(CCCCC2)C(=O)NN4)ccc1S(N)=O. The predicted molar refractivity (Wildman–Crippen MR) is 115 cm³/mol. The van der Waals surface area contributed by atoms with Crippen LogP contribution in [0.25, 0.3) is 11.0 Å². The smallest absolute Gasteiger partial charge is 0.264 e. The summed E-state index contributed by atoms with van der Waals surface area (Å²) >= 11 is 0. The lowest BCUT2D eigenvalue weighted by Gasteiger charge is -2.41. The zero-order valence-corrected chi connectivity index (χ0v) is 17.4. The van der Waals surface area contributed by atoms with Gasteiger partial charge < -0.3 is 5.32 Å². The molecule has 1 spiro atoms. The Bertz CT molecular complexity index is 1180. The van der Waals surface area contributed by atoms with Crippen molar-refractivity contribution in [2.45, 2.75) is 49.5 Å². The summed E-state index contributed by atoms with van der Waals surface area (Å²) in [6.07, 6.45) is 6.51. The summed E-state index contributed by atoms with van der Waals surface area (Å²) in [5.74, 6) is 1.24. The highest BCUT2D eigenvalue weighted by Crippen LogP contribution is 2.42. The molecule has 1 unspecified atom stereocenters. The fourth-order valence-electron chi connectivity index (χ4n) is 4.58. The third-order valence-electron chi connectivity index (χ3n) is 6.02. The minimum Gasteiger partial charge on any atom is -0.324 e. The Kier molecular flexibility index (Phi) is 4.48. The van der Waals surface area contributed by atoms with Crippen LogP contribution in [0.5, 0.6) is 0 Å². The van der Waals surface area contributed by atoms with Gasteiger partial charge in [-0.2, -0.15) is 4.98 Å². The van der Waals surface area contributed by atoms with Crippen LogP contribution in [0.15, 0.2) is 35.4 Å². The fourth-order valence-corrected chi connectivity index (χ4v) is 5.16. The zero-order chi connectivity index (χ0) is 20.9. The molecule has 10 heteroatoms. The molecular formula is C20H23N7O2S. The summed E-state index contributed by atoms with van der Waals surface area (Å²) in [7, 11) is -1.53. The second-order valence-corrected chi connectivity index (χ2v) is 8.95. The van der Waals surface area contributed by atoms with Crippen LogP contribution in [0.1, 0.15) is 37.7 Å². The van der Waals surface area contributed by atoms with E-state index in [4.69, 9.17) is 10.1 Å². The van der Waals surface area contributed by atoms with Gasteiger partial charge in [0.05, 0.1) is 4.90 Å². The normalized spacial score (nSPS) is 18.5. The molecule has 0 radical (unpaired) electrons. The van der Waals surface area contributed by atoms with Crippen molar-refractivity contribution in [1.82, 2.24) is 20.0 Å². The first-order valence-corrected chi connectivity index (χ1v) is 11.2. The lowest BCUT2D eigenvalue weighted by atomic mass is 9.80. The van der Waals surface area contributed by atoms with Crippen LogP contribution in [0.2, 0.25) is 0 Å². The predicted octanol–water partition coefficient (Wildman–Crippen LogP) is 2.58. The van der Waals surface area contributed by atoms with Gasteiger partial charge in [0.2, 0.25) is 5.95 Å². The molecule has 1 amide bonds. The highest BCUT2D eigenvalue weighted by molar-refractivity contribution is 7.82. The van der Waals surface area contributed by atoms with Gasteiger partial charge in [-0.05, 0) is 49.6 Å². The van der Waals surface area contributed by atoms with Gasteiger partial charge in [-0.1, -0.05) is 19.3 Å². The van der Waals surface area contributed by atoms with Crippen molar-refractivity contribution in [2.75, 3.05) is 10.7 Å². The first-order chi connectivity index (χ1) is 14.5. The summed E-state index contributed by atoms with van der Waals surface area (Å²) in [6.45, 7) is 1.86. The zero-order valence-electron chi connectivity index (χ0n) is 16.6. The van der Waals surface area contributed by atoms with Gasteiger partial charge in [0.1, 0.15) is 28.0 Å². The van der Waals surface area contributed by atoms with E-state index in [1.807, 2.05) is 23.6 Å². The number of nitrogens with zero attached hydrogens (tertiary/aromatic N) is 3. The number of rotatable bonds is 3. The molecule has 1 saturated carbocycles. The van der Waals surface area contributed by atoms with E-state index in [1.54, 1.807) is 18.3 Å². The molecule has 1 aliphatic carbocycles. The Balaban J connectivity index is 1.56. The maximum atomic E-state index is 12.9. The third kappa shape index (κ3) is 2.94. The van der Waals surface area contributed by atoms with Crippen LogP contribution in [0.3, 0.4) is 0 Å². The Morgan fingerprint density at radius 1 is 1.20 bits per heavy atom. The van der Waals surface area contributed by atoms with E-state index >= 15 is 0 Å². The number of hydrazine groups is 1. The Morgan fingerprint density at radius 3 is 2.73 bits per heavy atom. The van der Waals surface area contributed by atoms with E-state index in [9.17, 15) is 9.00 Å². The standard InChI is InChI=1S/C20H23N7O2S/c1-12-9-14(5-6-15(12)30(21)29)23-19-22-11-13-10-16-25-26-18(28)20(7-3-2-4-8-20)27(16)17(13)24-19/h5-6,9-11,25H,2-4,7-8,21H2,1H3,(H,26,28)(H,22,23,24). The first kappa shape index (κ1) is 19.0. The van der Waals surface area contributed by atoms with Crippen LogP contribution in [-0.4, -0.2) is 24.7 Å². The summed E-state index contributed by atoms with van der Waals surface area (Å²) in [5, 5.41) is 9.57. The minimum absolute atomic E-state index is 0.0127. The maximum Gasteiger partial charge on any atom is 0.264 e. The second kappa shape index (κ2) is 7.06. The molecule has 3 heterocycles. The van der Waals surface area contributed by atoms with E-state index in [2.05, 4.69) is 21.2 Å². The van der Waals surface area contributed by atoms with E-state index < -0.39 is 16.5 Å². The molecule has 1 aromatic carbocycles. The number of carbonyl (C=O) groups excluding carboxylic acids is 1. The first-order valence-electron chi connectivity index (χ1n) is 9.97. The summed E-state index contributed by atoms with van der Waals surface area (Å²) in [4.78, 5) is 22.7. The summed E-state index contributed by atoms with van der Waals surface area (Å²) in [6, 6.07) is 7.35. The van der Waals surface area contributed by atoms with Gasteiger partial charge in [-0.15, -0.1) is 0 Å². The Hall–Kier alpha value is -2.98. The fraction of sp³-hybridized carbons (Fsp3) is 0.350. The Labute approximate surface area is 176 Å². The third-order valence-corrected chi connectivity index (χ3v) is 6.92. The summed E-state index contributed by atoms with van der Waals surface area (Å²) in [5.41, 5.74) is 7.53. The molecule has 5 rings (SSSR count). The number of nitrogens with two attached hydrogens (primary N) is 1. The largest absolute Gasteiger partial charge is 0.324 e. The van der Waals surface area contributed by atoms with Gasteiger partial charge in [0.15, 0.2) is 0 Å². The van der Waals surface area contributed by atoms with Crippen molar-refractivity contribution in [1.29, 1.82) is 0 Å². The molecule has 0 saturated heterocycles. The molecule has 3 aromatic rings. The topological polar surface area (TPSA) is 127 Å². The molecule has 156 valence electrons. The average Bonchev–Trinajstić information content (AvgIpc) is 3.10. The van der Waals surface area contributed by atoms with E-state index in [1.165, 1.54) is 0 Å². The molecule has 2 aliphatic rings. The quantitative estimate of drug-likeness (QED) is 0.511. The molecular weight excluding hydrogens is 402 g/mol. The van der Waals surface area contributed by atoms with Crippen molar-refractivity contribution in [3.63, 3.8) is 0 Å². The van der Waals surface area contributed by atoms with Gasteiger partial charge in [0.25, 0.3) is 5.91 Å². The van der Waals surface area contributed by atoms with Crippen LogP contribution < -0.4 is 21.3 Å². The number of carbonyl (C=O) groups is 1. The monoisotopic (exact) mass is 425 g/mol. The lowest BCUT2D eigenvalue weighted by Crippen LogP contribution is -2.55. The molecule has 1 atom stereocenters. The van der Waals surface area contributed by atoms with E-state index in [0.717, 1.165) is 60.2 Å². The van der Waals surface area contributed by atoms with Crippen molar-refractivity contribution in [2.24, 2.45) is 5.14 Å². The summed E-state index contributed by atoms with van der Waals surface area (Å²) < 4.78 is 13.6. The second-order valence-electron chi connectivity index (χ2n) is 7.91. The van der Waals surface area contributed by atoms with Crippen LogP contribution >= 0.6 is 0 Å². The van der Waals surface area contributed by atoms with Crippen molar-refractivity contribution >= 4 is 45.4 Å².